The fraction of sp³-hybridized carbons (Fsp3) is 0.440. The van der Waals surface area contributed by atoms with E-state index in [0.29, 0.717) is 30.5 Å². The first kappa shape index (κ1) is 23.4. The predicted octanol–water partition coefficient (Wildman–Crippen LogP) is 4.21. The lowest BCUT2D eigenvalue weighted by Gasteiger charge is -2.34. The van der Waals surface area contributed by atoms with Crippen molar-refractivity contribution in [3.05, 3.63) is 59.9 Å². The van der Waals surface area contributed by atoms with Crippen LogP contribution in [0.4, 0.5) is 0 Å². The van der Waals surface area contributed by atoms with E-state index in [9.17, 15) is 13.2 Å². The Kier molecular flexibility index (Phi) is 6.59. The summed E-state index contributed by atoms with van der Waals surface area (Å²) in [5.74, 6) is 1.07. The first-order chi connectivity index (χ1) is 15.7. The Bertz CT molecular complexity index is 1260. The first-order valence-corrected chi connectivity index (χ1v) is 13.0. The van der Waals surface area contributed by atoms with Crippen LogP contribution in [0.3, 0.4) is 0 Å². The second kappa shape index (κ2) is 9.27. The second-order valence-electron chi connectivity index (χ2n) is 9.19. The van der Waals surface area contributed by atoms with Gasteiger partial charge in [0.1, 0.15) is 5.82 Å². The second-order valence-corrected chi connectivity index (χ2v) is 11.1. The van der Waals surface area contributed by atoms with Crippen molar-refractivity contribution in [3.63, 3.8) is 0 Å². The van der Waals surface area contributed by atoms with Gasteiger partial charge < -0.3 is 9.88 Å². The van der Waals surface area contributed by atoms with Crippen molar-refractivity contribution in [1.29, 1.82) is 0 Å². The number of nitrogens with one attached hydrogen (secondary N) is 1. The van der Waals surface area contributed by atoms with Gasteiger partial charge in [0.15, 0.2) is 0 Å². The fourth-order valence-corrected chi connectivity index (χ4v) is 6.58. The van der Waals surface area contributed by atoms with E-state index >= 15 is 0 Å². The summed E-state index contributed by atoms with van der Waals surface area (Å²) >= 11 is 0. The van der Waals surface area contributed by atoms with E-state index in [1.54, 1.807) is 22.5 Å². The number of fused-ring (bicyclic) bond motifs is 1. The summed E-state index contributed by atoms with van der Waals surface area (Å²) < 4.78 is 30.2. The van der Waals surface area contributed by atoms with Crippen molar-refractivity contribution in [2.24, 2.45) is 11.8 Å². The molecule has 1 amide bonds. The summed E-state index contributed by atoms with van der Waals surface area (Å²) in [7, 11) is -3.66. The summed E-state index contributed by atoms with van der Waals surface area (Å²) in [5.41, 5.74) is 2.22. The van der Waals surface area contributed by atoms with Crippen molar-refractivity contribution in [3.8, 4) is 0 Å². The van der Waals surface area contributed by atoms with Crippen LogP contribution in [0.1, 0.15) is 56.3 Å². The van der Waals surface area contributed by atoms with Crippen LogP contribution < -0.4 is 5.32 Å². The number of amides is 1. The molecular weight excluding hydrogens is 436 g/mol. The highest BCUT2D eigenvalue weighted by Gasteiger charge is 2.32. The molecule has 4 rings (SSSR count). The minimum absolute atomic E-state index is 0.157. The van der Waals surface area contributed by atoms with E-state index in [0.717, 1.165) is 29.8 Å². The van der Waals surface area contributed by atoms with E-state index in [2.05, 4.69) is 23.7 Å². The van der Waals surface area contributed by atoms with Crippen LogP contribution in [0, 0.1) is 11.8 Å². The lowest BCUT2D eigenvalue weighted by Crippen LogP contribution is -2.42. The molecule has 1 aliphatic heterocycles. The Morgan fingerprint density at radius 1 is 1.12 bits per heavy atom. The Labute approximate surface area is 195 Å². The third kappa shape index (κ3) is 4.68. The van der Waals surface area contributed by atoms with Gasteiger partial charge in [0, 0.05) is 25.2 Å². The minimum atomic E-state index is -3.66. The number of aromatic nitrogens is 2. The molecule has 2 heterocycles. The Balaban J connectivity index is 1.56. The minimum Gasteiger partial charge on any atom is -0.342 e. The summed E-state index contributed by atoms with van der Waals surface area (Å²) in [5, 5.41) is 2.99. The number of carbonyl (C=O) groups excluding carboxylic acids is 1. The molecule has 0 saturated carbocycles. The molecule has 0 spiro atoms. The predicted molar refractivity (Wildman–Crippen MR) is 129 cm³/mol. The van der Waals surface area contributed by atoms with Crippen molar-refractivity contribution in [2.45, 2.75) is 51.6 Å². The number of hydrogen-bond acceptors (Lipinski definition) is 4. The van der Waals surface area contributed by atoms with Crippen LogP contribution in [0.15, 0.2) is 53.4 Å². The SMILES string of the molecule is CCn1c(C(C)NC(=O)c2cccc(S(=O)(=O)N3CC(C)CC(C)C3)c2)nc2ccccc21. The van der Waals surface area contributed by atoms with E-state index < -0.39 is 10.0 Å². The molecule has 8 heteroatoms. The van der Waals surface area contributed by atoms with Gasteiger partial charge in [0.05, 0.1) is 22.0 Å². The molecule has 176 valence electrons. The maximum Gasteiger partial charge on any atom is 0.251 e. The molecule has 1 aliphatic rings. The van der Waals surface area contributed by atoms with E-state index in [4.69, 9.17) is 4.98 Å². The van der Waals surface area contributed by atoms with Gasteiger partial charge >= 0.3 is 0 Å². The fourth-order valence-electron chi connectivity index (χ4n) is 4.85. The molecule has 1 aromatic heterocycles. The van der Waals surface area contributed by atoms with Gasteiger partial charge in [0.2, 0.25) is 10.0 Å². The van der Waals surface area contributed by atoms with Crippen molar-refractivity contribution in [1.82, 2.24) is 19.2 Å². The molecule has 0 radical (unpaired) electrons. The van der Waals surface area contributed by atoms with Crippen LogP contribution >= 0.6 is 0 Å². The van der Waals surface area contributed by atoms with Crippen molar-refractivity contribution >= 4 is 27.0 Å². The molecule has 1 N–H and O–H groups in total. The van der Waals surface area contributed by atoms with Crippen molar-refractivity contribution in [2.75, 3.05) is 13.1 Å². The summed E-state index contributed by atoms with van der Waals surface area (Å²) in [6.45, 7) is 9.84. The molecule has 1 fully saturated rings. The van der Waals surface area contributed by atoms with Gasteiger partial charge in [0.25, 0.3) is 5.91 Å². The number of benzene rings is 2. The average molecular weight is 469 g/mol. The maximum atomic E-state index is 13.3. The maximum absolute atomic E-state index is 13.3. The van der Waals surface area contributed by atoms with Crippen molar-refractivity contribution < 1.29 is 13.2 Å². The lowest BCUT2D eigenvalue weighted by atomic mass is 9.94. The molecule has 0 aliphatic carbocycles. The molecule has 7 nitrogen and oxygen atoms in total. The van der Waals surface area contributed by atoms with Gasteiger partial charge in [-0.25, -0.2) is 13.4 Å². The number of aryl methyl sites for hydroxylation is 1. The van der Waals surface area contributed by atoms with Crippen LogP contribution in [-0.4, -0.2) is 41.3 Å². The highest BCUT2D eigenvalue weighted by atomic mass is 32.2. The van der Waals surface area contributed by atoms with E-state index in [-0.39, 0.29) is 16.8 Å². The van der Waals surface area contributed by atoms with Crippen LogP contribution in [0.25, 0.3) is 11.0 Å². The summed E-state index contributed by atoms with van der Waals surface area (Å²) in [6, 6.07) is 13.9. The van der Waals surface area contributed by atoms with Crippen LogP contribution in [0.2, 0.25) is 0 Å². The number of rotatable bonds is 6. The van der Waals surface area contributed by atoms with E-state index in [1.807, 2.05) is 38.1 Å². The summed E-state index contributed by atoms with van der Waals surface area (Å²) in [4.78, 5) is 17.9. The van der Waals surface area contributed by atoms with Gasteiger partial charge in [-0.2, -0.15) is 4.31 Å². The highest BCUT2D eigenvalue weighted by molar-refractivity contribution is 7.89. The van der Waals surface area contributed by atoms with Crippen LogP contribution in [-0.2, 0) is 16.6 Å². The Morgan fingerprint density at radius 3 is 2.52 bits per heavy atom. The average Bonchev–Trinajstić information content (AvgIpc) is 3.17. The smallest absolute Gasteiger partial charge is 0.251 e. The number of carbonyl (C=O) groups is 1. The summed E-state index contributed by atoms with van der Waals surface area (Å²) in [6.07, 6.45) is 1.02. The van der Waals surface area contributed by atoms with Gasteiger partial charge in [-0.15, -0.1) is 0 Å². The van der Waals surface area contributed by atoms with Crippen LogP contribution in [0.5, 0.6) is 0 Å². The zero-order valence-electron chi connectivity index (χ0n) is 19.7. The lowest BCUT2D eigenvalue weighted by molar-refractivity contribution is 0.0937. The molecule has 2 aromatic carbocycles. The normalized spacial score (nSPS) is 20.6. The Hall–Kier alpha value is -2.71. The largest absolute Gasteiger partial charge is 0.342 e. The number of imidazole rings is 1. The number of nitrogens with zero attached hydrogens (tertiary/aromatic N) is 3. The zero-order chi connectivity index (χ0) is 23.8. The molecule has 33 heavy (non-hydrogen) atoms. The number of para-hydroxylation sites is 2. The molecule has 0 bridgehead atoms. The van der Waals surface area contributed by atoms with Gasteiger partial charge in [-0.3, -0.25) is 4.79 Å². The van der Waals surface area contributed by atoms with Gasteiger partial charge in [-0.05, 0) is 62.4 Å². The molecule has 3 atom stereocenters. The van der Waals surface area contributed by atoms with Gasteiger partial charge in [-0.1, -0.05) is 32.0 Å². The zero-order valence-corrected chi connectivity index (χ0v) is 20.5. The molecule has 1 saturated heterocycles. The molecular formula is C25H32N4O3S. The number of sulfonamides is 1. The third-order valence-corrected chi connectivity index (χ3v) is 8.13. The molecule has 3 unspecified atom stereocenters. The standard InChI is InChI=1S/C25H32N4O3S/c1-5-29-23-12-7-6-11-22(23)27-24(29)19(4)26-25(30)20-9-8-10-21(14-20)33(31,32)28-15-17(2)13-18(3)16-28/h6-12,14,17-19H,5,13,15-16H2,1-4H3,(H,26,30). The molecule has 3 aromatic rings. The number of piperidine rings is 1. The highest BCUT2D eigenvalue weighted by Crippen LogP contribution is 2.27. The number of hydrogen-bond donors (Lipinski definition) is 1. The third-order valence-electron chi connectivity index (χ3n) is 6.30. The Morgan fingerprint density at radius 2 is 1.82 bits per heavy atom. The monoisotopic (exact) mass is 468 g/mol. The quantitative estimate of drug-likeness (QED) is 0.587. The first-order valence-electron chi connectivity index (χ1n) is 11.6. The topological polar surface area (TPSA) is 84.3 Å². The van der Waals surface area contributed by atoms with E-state index in [1.165, 1.54) is 6.07 Å².